The van der Waals surface area contributed by atoms with Gasteiger partial charge in [0, 0.05) is 6.92 Å². The van der Waals surface area contributed by atoms with Crippen LogP contribution in [0.5, 0.6) is 0 Å². The third kappa shape index (κ3) is 5.86. The van der Waals surface area contributed by atoms with Gasteiger partial charge in [-0.3, -0.25) is 0 Å². The lowest BCUT2D eigenvalue weighted by molar-refractivity contribution is 1.21. The summed E-state index contributed by atoms with van der Waals surface area (Å²) in [5.41, 5.74) is 8.26. The Kier molecular flexibility index (Phi) is 12.2. The molecular weight excluding hydrogens is 386 g/mol. The SMILES string of the molecule is CC.CC.CC.CC#N.c1ccc(Cc2ccc3c4c(cccc24)-c2ccccc2-3)cc1. The summed E-state index contributed by atoms with van der Waals surface area (Å²) in [5, 5.41) is 10.1. The summed E-state index contributed by atoms with van der Waals surface area (Å²) < 4.78 is 0. The highest BCUT2D eigenvalue weighted by molar-refractivity contribution is 6.15. The zero-order chi connectivity index (χ0) is 23.9. The molecule has 0 spiro atoms. The van der Waals surface area contributed by atoms with Crippen LogP contribution in [-0.2, 0) is 6.42 Å². The number of hydrogen-bond acceptors (Lipinski definition) is 1. The molecule has 0 heterocycles. The van der Waals surface area contributed by atoms with E-state index < -0.39 is 0 Å². The van der Waals surface area contributed by atoms with Gasteiger partial charge in [-0.25, -0.2) is 0 Å². The Labute approximate surface area is 195 Å². The normalized spacial score (nSPS) is 9.19. The smallest absolute Gasteiger partial charge is 0.0587 e. The highest BCUT2D eigenvalue weighted by Crippen LogP contribution is 2.47. The second-order valence-electron chi connectivity index (χ2n) is 6.43. The first-order valence-corrected chi connectivity index (χ1v) is 11.8. The van der Waals surface area contributed by atoms with Crippen LogP contribution in [0.4, 0.5) is 0 Å². The van der Waals surface area contributed by atoms with Gasteiger partial charge >= 0.3 is 0 Å². The molecule has 4 aromatic rings. The molecule has 0 atom stereocenters. The molecule has 0 aromatic heterocycles. The number of benzene rings is 4. The van der Waals surface area contributed by atoms with E-state index in [0.717, 1.165) is 6.42 Å². The van der Waals surface area contributed by atoms with Crippen molar-refractivity contribution >= 4 is 10.8 Å². The maximum Gasteiger partial charge on any atom is 0.0587 e. The fraction of sp³-hybridized carbons (Fsp3) is 0.258. The molecule has 1 aliphatic carbocycles. The molecule has 4 aromatic carbocycles. The Hall–Kier alpha value is -3.37. The fourth-order valence-electron chi connectivity index (χ4n) is 3.84. The van der Waals surface area contributed by atoms with Crippen molar-refractivity contribution in [3.63, 3.8) is 0 Å². The molecule has 0 aliphatic heterocycles. The van der Waals surface area contributed by atoms with Crippen LogP contribution in [-0.4, -0.2) is 0 Å². The molecule has 1 heteroatoms. The predicted octanol–water partition coefficient (Wildman–Crippen LogP) is 9.69. The molecular formula is C31H37N. The van der Waals surface area contributed by atoms with Crippen LogP contribution < -0.4 is 0 Å². The Morgan fingerprint density at radius 2 is 1.03 bits per heavy atom. The highest BCUT2D eigenvalue weighted by Gasteiger charge is 2.21. The minimum absolute atomic E-state index is 0.984. The van der Waals surface area contributed by atoms with Crippen LogP contribution >= 0.6 is 0 Å². The van der Waals surface area contributed by atoms with Gasteiger partial charge in [0.25, 0.3) is 0 Å². The van der Waals surface area contributed by atoms with E-state index in [1.54, 1.807) is 6.07 Å². The standard InChI is InChI=1S/C23H16.C2H3N.3C2H6/c1-2-7-16(8-3-1)15-17-13-14-22-20-10-5-4-9-19(20)21-12-6-11-18(17)23(21)22;1-2-3;3*1-2/h1-14H,15H2;1H3;3*1-2H3. The summed E-state index contributed by atoms with van der Waals surface area (Å²) in [7, 11) is 0. The van der Waals surface area contributed by atoms with Gasteiger partial charge < -0.3 is 0 Å². The number of hydrogen-bond donors (Lipinski definition) is 0. The van der Waals surface area contributed by atoms with Crippen molar-refractivity contribution in [2.45, 2.75) is 54.9 Å². The van der Waals surface area contributed by atoms with Gasteiger partial charge in [-0.1, -0.05) is 126 Å². The summed E-state index contributed by atoms with van der Waals surface area (Å²) in [6.07, 6.45) is 0.984. The van der Waals surface area contributed by atoms with Crippen LogP contribution in [0.3, 0.4) is 0 Å². The Morgan fingerprint density at radius 3 is 1.59 bits per heavy atom. The lowest BCUT2D eigenvalue weighted by atomic mass is 9.95. The molecule has 0 unspecified atom stereocenters. The second-order valence-corrected chi connectivity index (χ2v) is 6.43. The molecule has 0 saturated heterocycles. The minimum Gasteiger partial charge on any atom is -0.199 e. The molecule has 5 rings (SSSR count). The summed E-state index contributed by atoms with van der Waals surface area (Å²) in [6.45, 7) is 13.4. The summed E-state index contributed by atoms with van der Waals surface area (Å²) in [4.78, 5) is 0. The van der Waals surface area contributed by atoms with Crippen molar-refractivity contribution in [2.75, 3.05) is 0 Å². The maximum atomic E-state index is 7.32. The average molecular weight is 424 g/mol. The number of nitrogens with zero attached hydrogens (tertiary/aromatic N) is 1. The number of nitriles is 1. The van der Waals surface area contributed by atoms with Crippen LogP contribution in [0.1, 0.15) is 59.6 Å². The zero-order valence-corrected chi connectivity index (χ0v) is 20.7. The van der Waals surface area contributed by atoms with Crippen molar-refractivity contribution < 1.29 is 0 Å². The van der Waals surface area contributed by atoms with Gasteiger partial charge in [0.15, 0.2) is 0 Å². The molecule has 0 bridgehead atoms. The van der Waals surface area contributed by atoms with E-state index in [1.807, 2.05) is 41.5 Å². The third-order valence-electron chi connectivity index (χ3n) is 4.88. The minimum atomic E-state index is 0.984. The molecule has 0 N–H and O–H groups in total. The van der Waals surface area contributed by atoms with Gasteiger partial charge in [-0.05, 0) is 50.6 Å². The lowest BCUT2D eigenvalue weighted by Crippen LogP contribution is -1.90. The topological polar surface area (TPSA) is 23.8 Å². The van der Waals surface area contributed by atoms with Crippen molar-refractivity contribution in [1.82, 2.24) is 0 Å². The molecule has 1 nitrogen and oxygen atoms in total. The van der Waals surface area contributed by atoms with E-state index in [2.05, 4.69) is 84.9 Å². The van der Waals surface area contributed by atoms with Crippen molar-refractivity contribution in [2.24, 2.45) is 0 Å². The van der Waals surface area contributed by atoms with Crippen LogP contribution in [0, 0.1) is 11.3 Å². The van der Waals surface area contributed by atoms with Crippen LogP contribution in [0.25, 0.3) is 33.0 Å². The Balaban J connectivity index is 0.000000507. The molecule has 32 heavy (non-hydrogen) atoms. The lowest BCUT2D eigenvalue weighted by Gasteiger charge is -2.09. The largest absolute Gasteiger partial charge is 0.199 e. The summed E-state index contributed by atoms with van der Waals surface area (Å²) in [5.74, 6) is 0. The second kappa shape index (κ2) is 14.6. The zero-order valence-electron chi connectivity index (χ0n) is 20.7. The van der Waals surface area contributed by atoms with E-state index >= 15 is 0 Å². The molecule has 0 amide bonds. The van der Waals surface area contributed by atoms with Crippen molar-refractivity contribution in [3.8, 4) is 28.3 Å². The van der Waals surface area contributed by atoms with Gasteiger partial charge in [-0.15, -0.1) is 0 Å². The average Bonchev–Trinajstić information content (AvgIpc) is 3.21. The molecule has 0 fully saturated rings. The van der Waals surface area contributed by atoms with Gasteiger partial charge in [0.05, 0.1) is 6.07 Å². The van der Waals surface area contributed by atoms with Crippen molar-refractivity contribution in [1.29, 1.82) is 5.26 Å². The monoisotopic (exact) mass is 423 g/mol. The number of fused-ring (bicyclic) bond motifs is 3. The number of rotatable bonds is 2. The fourth-order valence-corrected chi connectivity index (χ4v) is 3.84. The quantitative estimate of drug-likeness (QED) is 0.277. The third-order valence-corrected chi connectivity index (χ3v) is 4.88. The highest BCUT2D eigenvalue weighted by atomic mass is 14.2. The maximum absolute atomic E-state index is 7.32. The van der Waals surface area contributed by atoms with E-state index in [-0.39, 0.29) is 0 Å². The van der Waals surface area contributed by atoms with Crippen LogP contribution in [0.2, 0.25) is 0 Å². The first kappa shape index (κ1) is 26.7. The summed E-state index contributed by atoms with van der Waals surface area (Å²) >= 11 is 0. The van der Waals surface area contributed by atoms with Gasteiger partial charge in [0.2, 0.25) is 0 Å². The predicted molar refractivity (Wildman–Crippen MR) is 143 cm³/mol. The summed E-state index contributed by atoms with van der Waals surface area (Å²) in [6, 6.07) is 32.5. The molecule has 166 valence electrons. The Bertz CT molecular complexity index is 1090. The van der Waals surface area contributed by atoms with Gasteiger partial charge in [-0.2, -0.15) is 5.26 Å². The van der Waals surface area contributed by atoms with E-state index in [4.69, 9.17) is 5.26 Å². The molecule has 0 saturated carbocycles. The van der Waals surface area contributed by atoms with Crippen LogP contribution in [0.15, 0.2) is 84.9 Å². The van der Waals surface area contributed by atoms with Crippen molar-refractivity contribution in [3.05, 3.63) is 96.1 Å². The van der Waals surface area contributed by atoms with Gasteiger partial charge in [0.1, 0.15) is 0 Å². The molecule has 0 radical (unpaired) electrons. The first-order chi connectivity index (χ1) is 15.8. The molecule has 1 aliphatic rings. The van der Waals surface area contributed by atoms with E-state index in [9.17, 15) is 0 Å². The van der Waals surface area contributed by atoms with E-state index in [0.29, 0.717) is 0 Å². The Morgan fingerprint density at radius 1 is 0.562 bits per heavy atom. The van der Waals surface area contributed by atoms with E-state index in [1.165, 1.54) is 51.1 Å². The first-order valence-electron chi connectivity index (χ1n) is 11.8.